The number of aliphatic hydroxyl groups is 1. The Balaban J connectivity index is 1.86. The van der Waals surface area contributed by atoms with Gasteiger partial charge in [0, 0.05) is 30.1 Å². The summed E-state index contributed by atoms with van der Waals surface area (Å²) in [5, 5.41) is 34.1. The molecule has 37 heavy (non-hydrogen) atoms. The highest BCUT2D eigenvalue weighted by Crippen LogP contribution is 2.21. The Labute approximate surface area is 212 Å². The van der Waals surface area contributed by atoms with Crippen molar-refractivity contribution in [3.63, 3.8) is 0 Å². The fourth-order valence-electron chi connectivity index (χ4n) is 4.35. The van der Waals surface area contributed by atoms with Gasteiger partial charge in [0.1, 0.15) is 24.2 Å². The quantitative estimate of drug-likeness (QED) is 0.193. The molecule has 1 aliphatic rings. The molecule has 5 unspecified atom stereocenters. The molecule has 3 rings (SSSR count). The second kappa shape index (κ2) is 11.8. The predicted octanol–water partition coefficient (Wildman–Crippen LogP) is -1.06. The number of carboxylic acid groups (broad SMARTS) is 2. The number of nitrogens with one attached hydrogen (secondary N) is 3. The van der Waals surface area contributed by atoms with Crippen molar-refractivity contribution >= 4 is 40.6 Å². The number of likely N-dealkylation sites (tertiary alicyclic amines) is 1. The number of hydrogen-bond donors (Lipinski definition) is 7. The Kier molecular flexibility index (Phi) is 8.84. The molecule has 8 N–H and O–H groups in total. The number of aliphatic carboxylic acids is 2. The van der Waals surface area contributed by atoms with Crippen LogP contribution < -0.4 is 16.4 Å². The van der Waals surface area contributed by atoms with Crippen molar-refractivity contribution in [2.75, 3.05) is 6.54 Å². The van der Waals surface area contributed by atoms with Crippen molar-refractivity contribution in [1.29, 1.82) is 0 Å². The summed E-state index contributed by atoms with van der Waals surface area (Å²) in [4.78, 5) is 66.2. The highest BCUT2D eigenvalue weighted by molar-refractivity contribution is 5.96. The first kappa shape index (κ1) is 27.6. The van der Waals surface area contributed by atoms with Gasteiger partial charge in [0.2, 0.25) is 17.7 Å². The maximum atomic E-state index is 13.3. The lowest BCUT2D eigenvalue weighted by Gasteiger charge is -2.28. The van der Waals surface area contributed by atoms with Crippen molar-refractivity contribution in [1.82, 2.24) is 20.5 Å². The van der Waals surface area contributed by atoms with Gasteiger partial charge in [-0.1, -0.05) is 18.2 Å². The number of aliphatic hydroxyl groups excluding tert-OH is 1. The second-order valence-corrected chi connectivity index (χ2v) is 9.08. The molecule has 13 heteroatoms. The number of carbonyl (C=O) groups is 5. The number of nitrogens with zero attached hydrogens (tertiary/aromatic N) is 1. The Bertz CT molecular complexity index is 1180. The van der Waals surface area contributed by atoms with Crippen LogP contribution in [0, 0.1) is 0 Å². The summed E-state index contributed by atoms with van der Waals surface area (Å²) in [6.07, 6.45) is 0.268. The summed E-state index contributed by atoms with van der Waals surface area (Å²) in [5.74, 6) is -5.11. The molecule has 2 aromatic rings. The van der Waals surface area contributed by atoms with Crippen LogP contribution in [0.1, 0.15) is 31.7 Å². The first-order valence-electron chi connectivity index (χ1n) is 11.8. The van der Waals surface area contributed by atoms with Crippen molar-refractivity contribution in [2.24, 2.45) is 5.73 Å². The number of para-hydroxylation sites is 1. The number of rotatable bonds is 11. The number of fused-ring (bicyclic) bond motifs is 1. The van der Waals surface area contributed by atoms with Gasteiger partial charge in [-0.05, 0) is 31.4 Å². The smallest absolute Gasteiger partial charge is 0.326 e. The summed E-state index contributed by atoms with van der Waals surface area (Å²) in [7, 11) is 0. The minimum absolute atomic E-state index is 0.0381. The first-order chi connectivity index (χ1) is 17.5. The Hall–Kier alpha value is -3.97. The Morgan fingerprint density at radius 3 is 2.43 bits per heavy atom. The Morgan fingerprint density at radius 1 is 1.11 bits per heavy atom. The standard InChI is InChI=1S/C24H31N5O8/c1-12(30)20(25)22(34)27-16(9-13-11-26-15-6-3-2-5-14(13)15)21(33)28-17(10-19(31)32)23(35)29-8-4-7-18(29)24(36)37/h2-3,5-6,11-12,16-18,20,26,30H,4,7-10,25H2,1H3,(H,27,34)(H,28,33)(H,31,32)(H,36,37). The monoisotopic (exact) mass is 517 g/mol. The van der Waals surface area contributed by atoms with Gasteiger partial charge in [0.25, 0.3) is 0 Å². The van der Waals surface area contributed by atoms with E-state index in [1.807, 2.05) is 18.2 Å². The fraction of sp³-hybridized carbons (Fsp3) is 0.458. The minimum Gasteiger partial charge on any atom is -0.481 e. The topological polar surface area (TPSA) is 215 Å². The van der Waals surface area contributed by atoms with Crippen LogP contribution in [0.25, 0.3) is 10.9 Å². The molecular formula is C24H31N5O8. The van der Waals surface area contributed by atoms with Crippen LogP contribution in [0.2, 0.25) is 0 Å². The zero-order valence-electron chi connectivity index (χ0n) is 20.2. The number of nitrogens with two attached hydrogens (primary N) is 1. The van der Waals surface area contributed by atoms with Gasteiger partial charge < -0.3 is 41.6 Å². The maximum absolute atomic E-state index is 13.3. The van der Waals surface area contributed by atoms with E-state index in [9.17, 15) is 39.3 Å². The lowest BCUT2D eigenvalue weighted by molar-refractivity contribution is -0.150. The van der Waals surface area contributed by atoms with E-state index in [0.717, 1.165) is 15.8 Å². The number of carboxylic acids is 2. The van der Waals surface area contributed by atoms with E-state index >= 15 is 0 Å². The van der Waals surface area contributed by atoms with Crippen LogP contribution in [-0.4, -0.2) is 91.7 Å². The van der Waals surface area contributed by atoms with Crippen LogP contribution in [-0.2, 0) is 30.4 Å². The molecule has 2 heterocycles. The van der Waals surface area contributed by atoms with E-state index in [1.54, 1.807) is 12.3 Å². The van der Waals surface area contributed by atoms with Crippen LogP contribution in [0.15, 0.2) is 30.5 Å². The van der Waals surface area contributed by atoms with Crippen LogP contribution >= 0.6 is 0 Å². The third-order valence-corrected chi connectivity index (χ3v) is 6.37. The van der Waals surface area contributed by atoms with E-state index in [2.05, 4.69) is 15.6 Å². The molecule has 1 aromatic carbocycles. The summed E-state index contributed by atoms with van der Waals surface area (Å²) < 4.78 is 0. The fourth-order valence-corrected chi connectivity index (χ4v) is 4.35. The number of aromatic amines is 1. The van der Waals surface area contributed by atoms with Crippen LogP contribution in [0.4, 0.5) is 0 Å². The third-order valence-electron chi connectivity index (χ3n) is 6.37. The number of benzene rings is 1. The molecule has 0 spiro atoms. The highest BCUT2D eigenvalue weighted by atomic mass is 16.4. The second-order valence-electron chi connectivity index (χ2n) is 9.08. The van der Waals surface area contributed by atoms with Crippen molar-refractivity contribution in [3.05, 3.63) is 36.0 Å². The average molecular weight is 518 g/mol. The lowest BCUT2D eigenvalue weighted by atomic mass is 10.0. The van der Waals surface area contributed by atoms with Crippen molar-refractivity contribution < 1.29 is 39.3 Å². The van der Waals surface area contributed by atoms with Gasteiger partial charge >= 0.3 is 11.9 Å². The van der Waals surface area contributed by atoms with Gasteiger partial charge in [-0.25, -0.2) is 4.79 Å². The number of aromatic nitrogens is 1. The van der Waals surface area contributed by atoms with Gasteiger partial charge in [-0.15, -0.1) is 0 Å². The molecular weight excluding hydrogens is 486 g/mol. The first-order valence-corrected chi connectivity index (χ1v) is 11.8. The van der Waals surface area contributed by atoms with Crippen LogP contribution in [0.5, 0.6) is 0 Å². The zero-order chi connectivity index (χ0) is 27.3. The molecule has 0 bridgehead atoms. The lowest BCUT2D eigenvalue weighted by Crippen LogP contribution is -2.59. The molecule has 3 amide bonds. The summed E-state index contributed by atoms with van der Waals surface area (Å²) in [5.41, 5.74) is 7.17. The molecule has 0 saturated carbocycles. The molecule has 1 fully saturated rings. The molecule has 200 valence electrons. The van der Waals surface area contributed by atoms with E-state index in [4.69, 9.17) is 5.73 Å². The number of hydrogen-bond acceptors (Lipinski definition) is 7. The number of amides is 3. The zero-order valence-corrected chi connectivity index (χ0v) is 20.2. The van der Waals surface area contributed by atoms with Gasteiger partial charge in [0.05, 0.1) is 12.5 Å². The molecule has 13 nitrogen and oxygen atoms in total. The van der Waals surface area contributed by atoms with E-state index in [1.165, 1.54) is 6.92 Å². The molecule has 5 atom stereocenters. The summed E-state index contributed by atoms with van der Waals surface area (Å²) in [6, 6.07) is 1.96. The Morgan fingerprint density at radius 2 is 1.78 bits per heavy atom. The SMILES string of the molecule is CC(O)C(N)C(=O)NC(Cc1c[nH]c2ccccc12)C(=O)NC(CC(=O)O)C(=O)N1CCCC1C(=O)O. The third kappa shape index (κ3) is 6.62. The molecule has 0 aliphatic carbocycles. The highest BCUT2D eigenvalue weighted by Gasteiger charge is 2.39. The summed E-state index contributed by atoms with van der Waals surface area (Å²) >= 11 is 0. The predicted molar refractivity (Wildman–Crippen MR) is 130 cm³/mol. The molecule has 1 aliphatic heterocycles. The maximum Gasteiger partial charge on any atom is 0.326 e. The van der Waals surface area contributed by atoms with Gasteiger partial charge in [-0.2, -0.15) is 0 Å². The normalized spacial score (nSPS) is 18.6. The van der Waals surface area contributed by atoms with Gasteiger partial charge in [0.15, 0.2) is 0 Å². The van der Waals surface area contributed by atoms with E-state index in [-0.39, 0.29) is 19.4 Å². The number of H-pyrrole nitrogens is 1. The minimum atomic E-state index is -1.56. The van der Waals surface area contributed by atoms with E-state index in [0.29, 0.717) is 12.0 Å². The molecule has 0 radical (unpaired) electrons. The van der Waals surface area contributed by atoms with Crippen LogP contribution in [0.3, 0.4) is 0 Å². The average Bonchev–Trinajstić information content (AvgIpc) is 3.49. The van der Waals surface area contributed by atoms with Gasteiger partial charge in [-0.3, -0.25) is 19.2 Å². The molecule has 1 saturated heterocycles. The number of carbonyl (C=O) groups excluding carboxylic acids is 3. The largest absolute Gasteiger partial charge is 0.481 e. The van der Waals surface area contributed by atoms with Crippen molar-refractivity contribution in [2.45, 2.75) is 62.9 Å². The molecule has 1 aromatic heterocycles. The summed E-state index contributed by atoms with van der Waals surface area (Å²) in [6.45, 7) is 1.43. The van der Waals surface area contributed by atoms with E-state index < -0.39 is 66.4 Å². The van der Waals surface area contributed by atoms with Crippen molar-refractivity contribution in [3.8, 4) is 0 Å².